The number of aryl methyl sites for hydroxylation is 1. The van der Waals surface area contributed by atoms with Crippen molar-refractivity contribution in [2.24, 2.45) is 0 Å². The highest BCUT2D eigenvalue weighted by Crippen LogP contribution is 2.56. The van der Waals surface area contributed by atoms with Crippen molar-refractivity contribution in [2.45, 2.75) is 11.2 Å². The molecule has 0 heterocycles. The van der Waals surface area contributed by atoms with E-state index in [1.807, 2.05) is 13.0 Å². The summed E-state index contributed by atoms with van der Waals surface area (Å²) in [7, 11) is 0. The molecular weight excluding hydrogens is 694 g/mol. The Labute approximate surface area is 172 Å². The van der Waals surface area contributed by atoms with Gasteiger partial charge < -0.3 is 0 Å². The predicted octanol–water partition coefficient (Wildman–Crippen LogP) is 8.62. The molecule has 0 aromatic heterocycles. The Hall–Kier alpha value is 2.97. The maximum absolute atomic E-state index is 5.77. The minimum atomic E-state index is -0.375. The van der Waals surface area contributed by atoms with E-state index in [0.29, 0.717) is 15.1 Å². The van der Waals surface area contributed by atoms with E-state index < -0.39 is 0 Å². The highest BCUT2D eigenvalue weighted by atomic mass is 80.0. The monoisotopic (exact) mass is 691 g/mol. The van der Waals surface area contributed by atoms with Crippen LogP contribution in [0.5, 0.6) is 0 Å². The van der Waals surface area contributed by atoms with Gasteiger partial charge >= 0.3 is 0 Å². The molecule has 0 aliphatic carbocycles. The van der Waals surface area contributed by atoms with E-state index in [2.05, 4.69) is 95.6 Å². The average molecular weight is 699 g/mol. The molecule has 18 heavy (non-hydrogen) atoms. The van der Waals surface area contributed by atoms with Gasteiger partial charge in [-0.05, 0) is 18.6 Å². The standard InChI is InChI=1S/C7H5Cl3.C2Br6/c1-4-2-3-5(8)7(10)6(4)9;3-1(4,5)2(6,7)8/h2-3H,1H3;. The Kier molecular flexibility index (Phi) is 9.98. The topological polar surface area (TPSA) is 0 Å². The molecule has 0 aliphatic heterocycles. The van der Waals surface area contributed by atoms with Crippen LogP contribution >= 0.6 is 130 Å². The van der Waals surface area contributed by atoms with E-state index in [1.54, 1.807) is 6.07 Å². The Morgan fingerprint density at radius 1 is 0.778 bits per heavy atom. The molecule has 0 N–H and O–H groups in total. The molecule has 0 unspecified atom stereocenters. The first kappa shape index (κ1) is 21.0. The molecule has 0 amide bonds. The van der Waals surface area contributed by atoms with Gasteiger partial charge in [-0.15, -0.1) is 0 Å². The Morgan fingerprint density at radius 3 is 1.44 bits per heavy atom. The van der Waals surface area contributed by atoms with E-state index in [0.717, 1.165) is 5.56 Å². The molecule has 9 heteroatoms. The molecule has 0 bridgehead atoms. The van der Waals surface area contributed by atoms with Crippen LogP contribution in [0.1, 0.15) is 5.56 Å². The van der Waals surface area contributed by atoms with E-state index in [4.69, 9.17) is 34.8 Å². The first-order valence-corrected chi connectivity index (χ1v) is 10.0. The molecular formula is C9H5Br6Cl3. The first-order valence-electron chi connectivity index (χ1n) is 4.11. The zero-order valence-corrected chi connectivity index (χ0v) is 20.3. The fourth-order valence-corrected chi connectivity index (χ4v) is 1.21. The molecule has 0 atom stereocenters. The molecule has 0 fully saturated rings. The van der Waals surface area contributed by atoms with E-state index >= 15 is 0 Å². The number of alkyl halides is 6. The maximum Gasteiger partial charge on any atom is 0.169 e. The second kappa shape index (κ2) is 8.56. The lowest BCUT2D eigenvalue weighted by molar-refractivity contribution is 1.34. The lowest BCUT2D eigenvalue weighted by atomic mass is 10.2. The SMILES string of the molecule is BrC(Br)(Br)C(Br)(Br)Br.Cc1ccc(Cl)c(Cl)c1Cl. The lowest BCUT2D eigenvalue weighted by Crippen LogP contribution is -2.19. The van der Waals surface area contributed by atoms with Crippen LogP contribution in [0.4, 0.5) is 0 Å². The molecule has 1 aromatic rings. The van der Waals surface area contributed by atoms with Crippen molar-refractivity contribution in [1.82, 2.24) is 0 Å². The zero-order chi connectivity index (χ0) is 14.7. The van der Waals surface area contributed by atoms with Crippen LogP contribution in [0.15, 0.2) is 12.1 Å². The normalized spacial score (nSPS) is 11.9. The van der Waals surface area contributed by atoms with Gasteiger partial charge in [-0.2, -0.15) is 0 Å². The van der Waals surface area contributed by atoms with Gasteiger partial charge in [0.25, 0.3) is 0 Å². The van der Waals surface area contributed by atoms with Crippen LogP contribution in [-0.4, -0.2) is 4.29 Å². The first-order chi connectivity index (χ1) is 7.88. The summed E-state index contributed by atoms with van der Waals surface area (Å²) in [5, 5.41) is 1.47. The maximum atomic E-state index is 5.77. The molecule has 104 valence electrons. The molecule has 0 saturated heterocycles. The van der Waals surface area contributed by atoms with E-state index in [9.17, 15) is 0 Å². The number of benzene rings is 1. The molecule has 0 radical (unpaired) electrons. The summed E-state index contributed by atoms with van der Waals surface area (Å²) in [4.78, 5) is 0. The Bertz CT molecular complexity index is 371. The fraction of sp³-hybridized carbons (Fsp3) is 0.333. The van der Waals surface area contributed by atoms with Crippen molar-refractivity contribution in [3.63, 3.8) is 0 Å². The summed E-state index contributed by atoms with van der Waals surface area (Å²) in [6, 6.07) is 3.56. The van der Waals surface area contributed by atoms with Crippen molar-refractivity contribution < 1.29 is 0 Å². The van der Waals surface area contributed by atoms with Crippen LogP contribution in [0.25, 0.3) is 0 Å². The number of hydrogen-bond donors (Lipinski definition) is 0. The fourth-order valence-electron chi connectivity index (χ4n) is 0.622. The summed E-state index contributed by atoms with van der Waals surface area (Å²) in [6.07, 6.45) is 0. The second-order valence-corrected chi connectivity index (χ2v) is 17.7. The van der Waals surface area contributed by atoms with Crippen LogP contribution in [-0.2, 0) is 0 Å². The Balaban J connectivity index is 0.000000331. The van der Waals surface area contributed by atoms with Crippen molar-refractivity contribution in [3.05, 3.63) is 32.8 Å². The van der Waals surface area contributed by atoms with Gasteiger partial charge in [-0.1, -0.05) is 136 Å². The molecule has 0 saturated carbocycles. The molecule has 0 spiro atoms. The van der Waals surface area contributed by atoms with Gasteiger partial charge in [0.2, 0.25) is 0 Å². The van der Waals surface area contributed by atoms with Crippen molar-refractivity contribution in [2.75, 3.05) is 0 Å². The average Bonchev–Trinajstić information content (AvgIpc) is 2.19. The third-order valence-electron chi connectivity index (χ3n) is 1.55. The summed E-state index contributed by atoms with van der Waals surface area (Å²) >= 11 is 36.9. The molecule has 1 rings (SSSR count). The van der Waals surface area contributed by atoms with Gasteiger partial charge in [0.15, 0.2) is 4.29 Å². The molecule has 0 nitrogen and oxygen atoms in total. The van der Waals surface area contributed by atoms with Crippen LogP contribution in [0.2, 0.25) is 15.1 Å². The summed E-state index contributed by atoms with van der Waals surface area (Å²) < 4.78 is -0.750. The number of rotatable bonds is 0. The quantitative estimate of drug-likeness (QED) is 0.188. The van der Waals surface area contributed by atoms with Crippen LogP contribution < -0.4 is 0 Å². The number of hydrogen-bond acceptors (Lipinski definition) is 0. The lowest BCUT2D eigenvalue weighted by Gasteiger charge is -2.22. The largest absolute Gasteiger partial charge is 0.169 e. The third-order valence-corrected chi connectivity index (χ3v) is 11.3. The predicted molar refractivity (Wildman–Crippen MR) is 105 cm³/mol. The van der Waals surface area contributed by atoms with Crippen molar-refractivity contribution in [1.29, 1.82) is 0 Å². The highest BCUT2D eigenvalue weighted by Gasteiger charge is 2.40. The van der Waals surface area contributed by atoms with Gasteiger partial charge in [-0.25, -0.2) is 0 Å². The minimum Gasteiger partial charge on any atom is -0.0827 e. The third kappa shape index (κ3) is 7.30. The van der Waals surface area contributed by atoms with Crippen LogP contribution in [0, 0.1) is 6.92 Å². The van der Waals surface area contributed by atoms with Crippen molar-refractivity contribution >= 4 is 130 Å². The van der Waals surface area contributed by atoms with Crippen molar-refractivity contribution in [3.8, 4) is 0 Å². The highest BCUT2D eigenvalue weighted by molar-refractivity contribution is 9.46. The molecule has 1 aromatic carbocycles. The number of halogens is 9. The van der Waals surface area contributed by atoms with E-state index in [1.165, 1.54) is 0 Å². The second-order valence-electron chi connectivity index (χ2n) is 2.99. The Morgan fingerprint density at radius 2 is 1.17 bits per heavy atom. The smallest absolute Gasteiger partial charge is 0.0827 e. The zero-order valence-electron chi connectivity index (χ0n) is 8.56. The van der Waals surface area contributed by atoms with Gasteiger partial charge in [0.05, 0.1) is 15.1 Å². The summed E-state index contributed by atoms with van der Waals surface area (Å²) in [5.41, 5.74) is 0.941. The summed E-state index contributed by atoms with van der Waals surface area (Å²) in [6.45, 7) is 1.88. The molecule has 0 aliphatic rings. The van der Waals surface area contributed by atoms with Crippen LogP contribution in [0.3, 0.4) is 0 Å². The van der Waals surface area contributed by atoms with Gasteiger partial charge in [-0.3, -0.25) is 0 Å². The minimum absolute atomic E-state index is 0.375. The summed E-state index contributed by atoms with van der Waals surface area (Å²) in [5.74, 6) is 0. The van der Waals surface area contributed by atoms with E-state index in [-0.39, 0.29) is 4.29 Å². The van der Waals surface area contributed by atoms with Gasteiger partial charge in [0, 0.05) is 0 Å². The van der Waals surface area contributed by atoms with Gasteiger partial charge in [0.1, 0.15) is 0 Å².